The van der Waals surface area contributed by atoms with Crippen molar-refractivity contribution in [2.45, 2.75) is 18.8 Å². The Labute approximate surface area is 110 Å². The minimum atomic E-state index is -0.336. The highest BCUT2D eigenvalue weighted by molar-refractivity contribution is 6.42. The van der Waals surface area contributed by atoms with Crippen molar-refractivity contribution in [2.75, 3.05) is 13.1 Å². The van der Waals surface area contributed by atoms with E-state index in [1.165, 1.54) is 5.56 Å². The third kappa shape index (κ3) is 2.85. The van der Waals surface area contributed by atoms with Gasteiger partial charge in [-0.25, -0.2) is 4.79 Å². The van der Waals surface area contributed by atoms with E-state index in [-0.39, 0.29) is 6.03 Å². The van der Waals surface area contributed by atoms with Crippen molar-refractivity contribution in [1.29, 1.82) is 0 Å². The second-order valence-corrected chi connectivity index (χ2v) is 5.09. The fourth-order valence-electron chi connectivity index (χ4n) is 2.20. The molecule has 1 aliphatic heterocycles. The number of urea groups is 1. The molecule has 1 aromatic rings. The fourth-order valence-corrected chi connectivity index (χ4v) is 2.51. The monoisotopic (exact) mass is 272 g/mol. The fraction of sp³-hybridized carbons (Fsp3) is 0.417. The number of likely N-dealkylation sites (tertiary alicyclic amines) is 1. The van der Waals surface area contributed by atoms with E-state index in [0.717, 1.165) is 12.8 Å². The zero-order valence-electron chi connectivity index (χ0n) is 9.33. The van der Waals surface area contributed by atoms with Crippen molar-refractivity contribution in [1.82, 2.24) is 4.90 Å². The lowest BCUT2D eigenvalue weighted by Crippen LogP contribution is -2.41. The molecule has 0 atom stereocenters. The summed E-state index contributed by atoms with van der Waals surface area (Å²) in [4.78, 5) is 12.7. The molecule has 0 spiro atoms. The van der Waals surface area contributed by atoms with Crippen LogP contribution in [0.2, 0.25) is 10.0 Å². The van der Waals surface area contributed by atoms with E-state index in [4.69, 9.17) is 28.9 Å². The van der Waals surface area contributed by atoms with Crippen molar-refractivity contribution in [3.05, 3.63) is 33.8 Å². The van der Waals surface area contributed by atoms with Gasteiger partial charge in [-0.2, -0.15) is 0 Å². The number of carbonyl (C=O) groups excluding carboxylic acids is 1. The molecule has 0 radical (unpaired) electrons. The Bertz CT molecular complexity index is 429. The Hall–Kier alpha value is -0.930. The van der Waals surface area contributed by atoms with E-state index < -0.39 is 0 Å². The smallest absolute Gasteiger partial charge is 0.314 e. The molecule has 17 heavy (non-hydrogen) atoms. The lowest BCUT2D eigenvalue weighted by atomic mass is 9.89. The van der Waals surface area contributed by atoms with Crippen molar-refractivity contribution in [3.63, 3.8) is 0 Å². The molecule has 1 aromatic carbocycles. The van der Waals surface area contributed by atoms with Gasteiger partial charge in [0, 0.05) is 13.1 Å². The van der Waals surface area contributed by atoms with Crippen LogP contribution in [0.5, 0.6) is 0 Å². The molecule has 3 nitrogen and oxygen atoms in total. The van der Waals surface area contributed by atoms with Gasteiger partial charge in [-0.05, 0) is 36.5 Å². The van der Waals surface area contributed by atoms with Gasteiger partial charge in [-0.1, -0.05) is 29.3 Å². The number of amides is 2. The summed E-state index contributed by atoms with van der Waals surface area (Å²) < 4.78 is 0. The van der Waals surface area contributed by atoms with Crippen LogP contribution in [0.4, 0.5) is 4.79 Å². The molecule has 2 N–H and O–H groups in total. The summed E-state index contributed by atoms with van der Waals surface area (Å²) in [5.41, 5.74) is 6.43. The van der Waals surface area contributed by atoms with Crippen LogP contribution >= 0.6 is 23.2 Å². The highest BCUT2D eigenvalue weighted by Crippen LogP contribution is 2.32. The summed E-state index contributed by atoms with van der Waals surface area (Å²) in [6.45, 7) is 1.42. The molecule has 5 heteroatoms. The van der Waals surface area contributed by atoms with Gasteiger partial charge < -0.3 is 10.6 Å². The maximum absolute atomic E-state index is 11.0. The Morgan fingerprint density at radius 2 is 1.88 bits per heavy atom. The number of carbonyl (C=O) groups is 1. The van der Waals surface area contributed by atoms with E-state index >= 15 is 0 Å². The number of nitrogens with two attached hydrogens (primary N) is 1. The van der Waals surface area contributed by atoms with Gasteiger partial charge >= 0.3 is 6.03 Å². The maximum atomic E-state index is 11.0. The lowest BCUT2D eigenvalue weighted by molar-refractivity contribution is 0.190. The largest absolute Gasteiger partial charge is 0.351 e. The number of rotatable bonds is 1. The van der Waals surface area contributed by atoms with E-state index in [2.05, 4.69) is 0 Å². The third-order valence-corrected chi connectivity index (χ3v) is 3.96. The average molecular weight is 273 g/mol. The van der Waals surface area contributed by atoms with Crippen LogP contribution in [0.3, 0.4) is 0 Å². The maximum Gasteiger partial charge on any atom is 0.314 e. The molecular formula is C12H14Cl2N2O. The van der Waals surface area contributed by atoms with Crippen molar-refractivity contribution in [2.24, 2.45) is 5.73 Å². The summed E-state index contributed by atoms with van der Waals surface area (Å²) in [7, 11) is 0. The number of piperidine rings is 1. The highest BCUT2D eigenvalue weighted by atomic mass is 35.5. The Balaban J connectivity index is 2.05. The van der Waals surface area contributed by atoms with Crippen molar-refractivity contribution in [3.8, 4) is 0 Å². The SMILES string of the molecule is NC(=O)N1CCC(c2ccc(Cl)c(Cl)c2)CC1. The number of hydrogen-bond donors (Lipinski definition) is 1. The molecule has 1 heterocycles. The molecule has 1 aliphatic rings. The first kappa shape index (κ1) is 12.5. The van der Waals surface area contributed by atoms with Crippen molar-refractivity contribution < 1.29 is 4.79 Å². The molecule has 2 amide bonds. The van der Waals surface area contributed by atoms with Gasteiger partial charge in [0.2, 0.25) is 0 Å². The number of hydrogen-bond acceptors (Lipinski definition) is 1. The van der Waals surface area contributed by atoms with Gasteiger partial charge in [0.05, 0.1) is 10.0 Å². The highest BCUT2D eigenvalue weighted by Gasteiger charge is 2.22. The lowest BCUT2D eigenvalue weighted by Gasteiger charge is -2.31. The summed E-state index contributed by atoms with van der Waals surface area (Å²) in [5.74, 6) is 0.431. The normalized spacial score (nSPS) is 17.2. The minimum Gasteiger partial charge on any atom is -0.351 e. The standard InChI is InChI=1S/C12H14Cl2N2O/c13-10-2-1-9(7-11(10)14)8-3-5-16(6-4-8)12(15)17/h1-2,7-8H,3-6H2,(H2,15,17). The molecule has 1 fully saturated rings. The molecule has 0 aliphatic carbocycles. The Morgan fingerprint density at radius 3 is 2.41 bits per heavy atom. The second kappa shape index (κ2) is 5.15. The van der Waals surface area contributed by atoms with E-state index in [1.807, 2.05) is 18.2 Å². The first-order valence-electron chi connectivity index (χ1n) is 5.57. The van der Waals surface area contributed by atoms with Gasteiger partial charge in [-0.15, -0.1) is 0 Å². The summed E-state index contributed by atoms with van der Waals surface area (Å²) >= 11 is 11.9. The van der Waals surface area contributed by atoms with Crippen LogP contribution in [0.1, 0.15) is 24.3 Å². The molecule has 1 saturated heterocycles. The number of primary amides is 1. The van der Waals surface area contributed by atoms with Crippen LogP contribution in [0.15, 0.2) is 18.2 Å². The van der Waals surface area contributed by atoms with Crippen LogP contribution in [-0.4, -0.2) is 24.0 Å². The summed E-state index contributed by atoms with van der Waals surface area (Å²) in [6, 6.07) is 5.39. The van der Waals surface area contributed by atoms with Crippen molar-refractivity contribution >= 4 is 29.2 Å². The Kier molecular flexibility index (Phi) is 3.79. The molecule has 0 bridgehead atoms. The molecule has 0 saturated carbocycles. The van der Waals surface area contributed by atoms with Gasteiger partial charge in [0.15, 0.2) is 0 Å². The zero-order chi connectivity index (χ0) is 12.4. The molecule has 2 rings (SSSR count). The summed E-state index contributed by atoms with van der Waals surface area (Å²) in [5, 5.41) is 1.16. The first-order valence-corrected chi connectivity index (χ1v) is 6.33. The number of benzene rings is 1. The van der Waals surface area contributed by atoms with Crippen LogP contribution in [0, 0.1) is 0 Å². The molecular weight excluding hydrogens is 259 g/mol. The second-order valence-electron chi connectivity index (χ2n) is 4.27. The van der Waals surface area contributed by atoms with Crippen LogP contribution in [-0.2, 0) is 0 Å². The molecule has 0 unspecified atom stereocenters. The van der Waals surface area contributed by atoms with Crippen LogP contribution in [0.25, 0.3) is 0 Å². The van der Waals surface area contributed by atoms with E-state index in [0.29, 0.717) is 29.1 Å². The summed E-state index contributed by atoms with van der Waals surface area (Å²) in [6.07, 6.45) is 1.84. The Morgan fingerprint density at radius 1 is 1.24 bits per heavy atom. The zero-order valence-corrected chi connectivity index (χ0v) is 10.8. The molecule has 92 valence electrons. The van der Waals surface area contributed by atoms with Gasteiger partial charge in [-0.3, -0.25) is 0 Å². The van der Waals surface area contributed by atoms with E-state index in [9.17, 15) is 4.79 Å². The predicted molar refractivity (Wildman–Crippen MR) is 69.6 cm³/mol. The quantitative estimate of drug-likeness (QED) is 0.838. The van der Waals surface area contributed by atoms with Crippen LogP contribution < -0.4 is 5.73 Å². The topological polar surface area (TPSA) is 46.3 Å². The minimum absolute atomic E-state index is 0.336. The van der Waals surface area contributed by atoms with Gasteiger partial charge in [0.25, 0.3) is 0 Å². The predicted octanol–water partition coefficient (Wildman–Crippen LogP) is 3.25. The average Bonchev–Trinajstić information content (AvgIpc) is 2.33. The van der Waals surface area contributed by atoms with Gasteiger partial charge in [0.1, 0.15) is 0 Å². The first-order chi connectivity index (χ1) is 8.08. The van der Waals surface area contributed by atoms with E-state index in [1.54, 1.807) is 4.90 Å². The number of halogens is 2. The third-order valence-electron chi connectivity index (χ3n) is 3.22. The number of nitrogens with zero attached hydrogens (tertiary/aromatic N) is 1. The molecule has 0 aromatic heterocycles.